The molecule has 0 aromatic carbocycles. The molecule has 168 valence electrons. The second kappa shape index (κ2) is 10.8. The van der Waals surface area contributed by atoms with Crippen LogP contribution in [0.1, 0.15) is 13.3 Å². The van der Waals surface area contributed by atoms with Gasteiger partial charge in [-0.25, -0.2) is 0 Å². The van der Waals surface area contributed by atoms with Gasteiger partial charge in [-0.1, -0.05) is 12.2 Å². The van der Waals surface area contributed by atoms with Crippen molar-refractivity contribution >= 4 is 42.3 Å². The minimum absolute atomic E-state index is 0.641. The van der Waals surface area contributed by atoms with Gasteiger partial charge in [0, 0.05) is 6.61 Å². The summed E-state index contributed by atoms with van der Waals surface area (Å²) in [5.74, 6) is 0. The average Bonchev–Trinajstić information content (AvgIpc) is 2.28. The highest BCUT2D eigenvalue weighted by Crippen LogP contribution is 2.27. The van der Waals surface area contributed by atoms with Crippen molar-refractivity contribution in [3.05, 3.63) is 12.2 Å². The van der Waals surface area contributed by atoms with Crippen molar-refractivity contribution in [2.24, 2.45) is 0 Å². The fourth-order valence-electron chi connectivity index (χ4n) is 3.55. The Morgan fingerprint density at radius 1 is 0.679 bits per heavy atom. The maximum absolute atomic E-state index is 6.62. The van der Waals surface area contributed by atoms with E-state index in [1.165, 1.54) is 0 Å². The molecule has 28 heavy (non-hydrogen) atoms. The van der Waals surface area contributed by atoms with Gasteiger partial charge in [-0.3, -0.25) is 0 Å². The smallest absolute Gasteiger partial charge is 0.314 e. The minimum Gasteiger partial charge on any atom is -0.437 e. The van der Waals surface area contributed by atoms with Crippen LogP contribution in [-0.4, -0.2) is 55.5 Å². The lowest BCUT2D eigenvalue weighted by atomic mass is 10.4. The van der Waals surface area contributed by atoms with E-state index in [9.17, 15) is 0 Å². The van der Waals surface area contributed by atoms with E-state index in [0.29, 0.717) is 6.61 Å². The lowest BCUT2D eigenvalue weighted by Crippen LogP contribution is -2.58. The zero-order valence-corrected chi connectivity index (χ0v) is 25.6. The van der Waals surface area contributed by atoms with Gasteiger partial charge in [0.25, 0.3) is 0 Å². The van der Waals surface area contributed by atoms with Crippen LogP contribution in [0.2, 0.25) is 78.1 Å². The normalized spacial score (nSPS) is 14.4. The molecule has 0 fully saturated rings. The van der Waals surface area contributed by atoms with E-state index in [2.05, 4.69) is 78.6 Å². The van der Waals surface area contributed by atoms with Gasteiger partial charge in [0.1, 0.15) is 0 Å². The van der Waals surface area contributed by atoms with Gasteiger partial charge < -0.3 is 21.2 Å². The molecule has 0 heterocycles. The average molecular weight is 483 g/mol. The molecular weight excluding hydrogens is 437 g/mol. The Labute approximate surface area is 180 Å². The highest BCUT2D eigenvalue weighted by Gasteiger charge is 2.44. The standard InChI is InChI=1S/C18H46O5Si5/c1-18(2)17-19-15-14-16-25(6,7)21-27(10,11)23-28(12,13)22-26(8,9)20-24(3,4)5/h1,14-17H2,2-13H3. The molecule has 0 spiro atoms. The Hall–Kier alpha value is 0.624. The van der Waals surface area contributed by atoms with Crippen molar-refractivity contribution in [2.45, 2.75) is 91.4 Å². The van der Waals surface area contributed by atoms with Crippen LogP contribution in [0.5, 0.6) is 0 Å². The van der Waals surface area contributed by atoms with E-state index < -0.39 is 42.3 Å². The van der Waals surface area contributed by atoms with Crippen molar-refractivity contribution in [1.29, 1.82) is 0 Å². The van der Waals surface area contributed by atoms with Gasteiger partial charge in [0.05, 0.1) is 6.61 Å². The summed E-state index contributed by atoms with van der Waals surface area (Å²) in [6.45, 7) is 31.2. The summed E-state index contributed by atoms with van der Waals surface area (Å²) in [4.78, 5) is 0. The van der Waals surface area contributed by atoms with E-state index in [-0.39, 0.29) is 0 Å². The van der Waals surface area contributed by atoms with Crippen LogP contribution in [0.4, 0.5) is 0 Å². The molecule has 0 atom stereocenters. The van der Waals surface area contributed by atoms with E-state index >= 15 is 0 Å². The van der Waals surface area contributed by atoms with Gasteiger partial charge in [0.2, 0.25) is 0 Å². The molecule has 5 nitrogen and oxygen atoms in total. The van der Waals surface area contributed by atoms with Crippen molar-refractivity contribution < 1.29 is 21.2 Å². The number of hydrogen-bond acceptors (Lipinski definition) is 5. The molecule has 0 aliphatic rings. The van der Waals surface area contributed by atoms with Crippen LogP contribution >= 0.6 is 0 Å². The molecule has 0 aromatic rings. The summed E-state index contributed by atoms with van der Waals surface area (Å²) in [5, 5.41) is 0. The predicted molar refractivity (Wildman–Crippen MR) is 133 cm³/mol. The third-order valence-electron chi connectivity index (χ3n) is 3.47. The molecule has 0 amide bonds. The predicted octanol–water partition coefficient (Wildman–Crippen LogP) is 6.18. The molecule has 0 aliphatic carbocycles. The Kier molecular flexibility index (Phi) is 11.0. The lowest BCUT2D eigenvalue weighted by Gasteiger charge is -2.42. The van der Waals surface area contributed by atoms with E-state index in [4.69, 9.17) is 21.2 Å². The topological polar surface area (TPSA) is 46.2 Å². The highest BCUT2D eigenvalue weighted by molar-refractivity contribution is 6.90. The van der Waals surface area contributed by atoms with Crippen LogP contribution in [0, 0.1) is 0 Å². The fraction of sp³-hybridized carbons (Fsp3) is 0.889. The van der Waals surface area contributed by atoms with Crippen molar-refractivity contribution in [3.63, 3.8) is 0 Å². The number of ether oxygens (including phenoxy) is 1. The lowest BCUT2D eigenvalue weighted by molar-refractivity contribution is 0.156. The SMILES string of the molecule is C=C(C)COCCC[Si](C)(C)O[Si](C)(C)O[Si](C)(C)O[Si](C)(C)O[Si](C)(C)C. The summed E-state index contributed by atoms with van der Waals surface area (Å²) in [6, 6.07) is 1.06. The Bertz CT molecular complexity index is 501. The van der Waals surface area contributed by atoms with Crippen LogP contribution in [0.3, 0.4) is 0 Å². The molecule has 0 aliphatic heterocycles. The quantitative estimate of drug-likeness (QED) is 0.168. The summed E-state index contributed by atoms with van der Waals surface area (Å²) in [7, 11) is -10.3. The van der Waals surface area contributed by atoms with E-state index in [1.54, 1.807) is 0 Å². The van der Waals surface area contributed by atoms with Crippen molar-refractivity contribution in [1.82, 2.24) is 0 Å². The zero-order valence-electron chi connectivity index (χ0n) is 20.6. The second-order valence-corrected chi connectivity index (χ2v) is 30.5. The van der Waals surface area contributed by atoms with Gasteiger partial charge in [-0.05, 0) is 91.4 Å². The molecule has 0 rings (SSSR count). The van der Waals surface area contributed by atoms with Crippen LogP contribution in [-0.2, 0) is 21.2 Å². The highest BCUT2D eigenvalue weighted by atomic mass is 28.5. The summed E-state index contributed by atoms with van der Waals surface area (Å²) in [6.07, 6.45) is 1.01. The first-order chi connectivity index (χ1) is 12.2. The van der Waals surface area contributed by atoms with Gasteiger partial charge >= 0.3 is 25.7 Å². The maximum Gasteiger partial charge on any atom is 0.314 e. The van der Waals surface area contributed by atoms with Gasteiger partial charge in [-0.15, -0.1) is 0 Å². The fourth-order valence-corrected chi connectivity index (χ4v) is 27.3. The van der Waals surface area contributed by atoms with E-state index in [1.807, 2.05) is 6.92 Å². The first-order valence-corrected chi connectivity index (χ1v) is 25.2. The molecule has 0 bridgehead atoms. The zero-order chi connectivity index (χ0) is 22.4. The first-order valence-electron chi connectivity index (χ1n) is 10.3. The molecule has 0 unspecified atom stereocenters. The molecule has 0 aromatic heterocycles. The molecule has 10 heteroatoms. The number of hydrogen-bond donors (Lipinski definition) is 0. The van der Waals surface area contributed by atoms with Gasteiger partial charge in [0.15, 0.2) is 16.6 Å². The van der Waals surface area contributed by atoms with Gasteiger partial charge in [-0.2, -0.15) is 0 Å². The minimum atomic E-state index is -2.35. The van der Waals surface area contributed by atoms with Crippen LogP contribution in [0.25, 0.3) is 0 Å². The van der Waals surface area contributed by atoms with Crippen molar-refractivity contribution in [2.75, 3.05) is 13.2 Å². The van der Waals surface area contributed by atoms with Crippen LogP contribution < -0.4 is 0 Å². The number of rotatable bonds is 14. The summed E-state index contributed by atoms with van der Waals surface area (Å²) >= 11 is 0. The van der Waals surface area contributed by atoms with E-state index in [0.717, 1.165) is 24.6 Å². The molecule has 0 N–H and O–H groups in total. The molecule has 0 saturated heterocycles. The third-order valence-corrected chi connectivity index (χ3v) is 21.5. The largest absolute Gasteiger partial charge is 0.437 e. The molecule has 0 saturated carbocycles. The first kappa shape index (κ1) is 28.6. The summed E-state index contributed by atoms with van der Waals surface area (Å²) in [5.41, 5.74) is 1.06. The molecular formula is C18H46O5Si5. The Balaban J connectivity index is 4.71. The van der Waals surface area contributed by atoms with Crippen LogP contribution in [0.15, 0.2) is 12.2 Å². The molecule has 0 radical (unpaired) electrons. The Morgan fingerprint density at radius 2 is 1.11 bits per heavy atom. The Morgan fingerprint density at radius 3 is 1.54 bits per heavy atom. The monoisotopic (exact) mass is 482 g/mol. The summed E-state index contributed by atoms with van der Waals surface area (Å²) < 4.78 is 31.7. The third kappa shape index (κ3) is 15.5. The maximum atomic E-state index is 6.62. The van der Waals surface area contributed by atoms with Crippen molar-refractivity contribution in [3.8, 4) is 0 Å². The second-order valence-electron chi connectivity index (χ2n) is 10.6.